The molecule has 1 rings (SSSR count). The standard InChI is InChI=1S/C10H14N2O5S2/c1-6(10(14)15)4-12-9(13)8-3-7(5-18-8)19(16,17)11-2/h3,5-6,11H,4H2,1-2H3,(H,12,13)(H,14,15). The fourth-order valence-electron chi connectivity index (χ4n) is 1.12. The molecule has 0 fully saturated rings. The second-order valence-corrected chi connectivity index (χ2v) is 6.60. The summed E-state index contributed by atoms with van der Waals surface area (Å²) in [5.41, 5.74) is 0. The number of hydrogen-bond acceptors (Lipinski definition) is 5. The van der Waals surface area contributed by atoms with E-state index in [4.69, 9.17) is 5.11 Å². The van der Waals surface area contributed by atoms with Crippen LogP contribution < -0.4 is 10.0 Å². The number of thiophene rings is 1. The second-order valence-electron chi connectivity index (χ2n) is 3.80. The van der Waals surface area contributed by atoms with E-state index in [0.717, 1.165) is 11.3 Å². The summed E-state index contributed by atoms with van der Waals surface area (Å²) in [6.07, 6.45) is 0. The topological polar surface area (TPSA) is 113 Å². The van der Waals surface area contributed by atoms with E-state index in [9.17, 15) is 18.0 Å². The van der Waals surface area contributed by atoms with Crippen molar-refractivity contribution in [1.82, 2.24) is 10.0 Å². The Hall–Kier alpha value is -1.45. The van der Waals surface area contributed by atoms with Crippen LogP contribution in [0.3, 0.4) is 0 Å². The van der Waals surface area contributed by atoms with Gasteiger partial charge in [-0.2, -0.15) is 0 Å². The average molecular weight is 306 g/mol. The summed E-state index contributed by atoms with van der Waals surface area (Å²) in [6.45, 7) is 1.45. The number of hydrogen-bond donors (Lipinski definition) is 3. The fourth-order valence-corrected chi connectivity index (χ4v) is 3.04. The first kappa shape index (κ1) is 15.6. The van der Waals surface area contributed by atoms with Crippen LogP contribution >= 0.6 is 11.3 Å². The largest absolute Gasteiger partial charge is 0.481 e. The molecule has 19 heavy (non-hydrogen) atoms. The molecule has 0 aliphatic carbocycles. The SMILES string of the molecule is CNS(=O)(=O)c1csc(C(=O)NCC(C)C(=O)O)c1. The average Bonchev–Trinajstić information content (AvgIpc) is 2.85. The van der Waals surface area contributed by atoms with Gasteiger partial charge in [0.1, 0.15) is 0 Å². The first-order valence-electron chi connectivity index (χ1n) is 5.31. The Bertz CT molecular complexity index is 578. The van der Waals surface area contributed by atoms with Crippen molar-refractivity contribution >= 4 is 33.2 Å². The maximum atomic E-state index is 11.7. The van der Waals surface area contributed by atoms with Gasteiger partial charge in [-0.15, -0.1) is 11.3 Å². The molecule has 0 radical (unpaired) electrons. The molecule has 1 heterocycles. The minimum atomic E-state index is -3.57. The lowest BCUT2D eigenvalue weighted by Crippen LogP contribution is -2.31. The summed E-state index contributed by atoms with van der Waals surface area (Å²) >= 11 is 0.981. The summed E-state index contributed by atoms with van der Waals surface area (Å²) in [4.78, 5) is 22.5. The van der Waals surface area contributed by atoms with E-state index < -0.39 is 27.8 Å². The van der Waals surface area contributed by atoms with Crippen LogP contribution in [0.4, 0.5) is 0 Å². The molecule has 1 aromatic heterocycles. The molecule has 1 atom stereocenters. The number of carbonyl (C=O) groups is 2. The van der Waals surface area contributed by atoms with Crippen LogP contribution in [-0.2, 0) is 14.8 Å². The minimum absolute atomic E-state index is 0.0106. The Morgan fingerprint density at radius 2 is 2.11 bits per heavy atom. The number of rotatable bonds is 6. The number of sulfonamides is 1. The molecule has 9 heteroatoms. The fraction of sp³-hybridized carbons (Fsp3) is 0.400. The third-order valence-electron chi connectivity index (χ3n) is 2.37. The van der Waals surface area contributed by atoms with E-state index in [1.807, 2.05) is 0 Å². The van der Waals surface area contributed by atoms with Crippen LogP contribution in [0.5, 0.6) is 0 Å². The number of aliphatic carboxylic acids is 1. The highest BCUT2D eigenvalue weighted by Gasteiger charge is 2.18. The first-order valence-corrected chi connectivity index (χ1v) is 7.67. The maximum absolute atomic E-state index is 11.7. The van der Waals surface area contributed by atoms with Crippen molar-refractivity contribution in [3.63, 3.8) is 0 Å². The van der Waals surface area contributed by atoms with Gasteiger partial charge in [-0.1, -0.05) is 6.92 Å². The zero-order valence-corrected chi connectivity index (χ0v) is 12.0. The van der Waals surface area contributed by atoms with Gasteiger partial charge in [0.05, 0.1) is 15.7 Å². The summed E-state index contributed by atoms with van der Waals surface area (Å²) in [5.74, 6) is -2.20. The van der Waals surface area contributed by atoms with Gasteiger partial charge in [0.2, 0.25) is 10.0 Å². The Morgan fingerprint density at radius 1 is 1.47 bits per heavy atom. The van der Waals surface area contributed by atoms with Crippen LogP contribution in [0.25, 0.3) is 0 Å². The predicted octanol–water partition coefficient (Wildman–Crippen LogP) is 0.107. The highest BCUT2D eigenvalue weighted by atomic mass is 32.2. The number of amides is 1. The highest BCUT2D eigenvalue weighted by molar-refractivity contribution is 7.89. The smallest absolute Gasteiger partial charge is 0.308 e. The number of carboxylic acids is 1. The molecule has 0 bridgehead atoms. The molecular formula is C10H14N2O5S2. The molecule has 7 nitrogen and oxygen atoms in total. The van der Waals surface area contributed by atoms with Crippen molar-refractivity contribution in [2.24, 2.45) is 5.92 Å². The van der Waals surface area contributed by atoms with Crippen molar-refractivity contribution < 1.29 is 23.1 Å². The van der Waals surface area contributed by atoms with Crippen LogP contribution in [0.15, 0.2) is 16.3 Å². The van der Waals surface area contributed by atoms with Crippen molar-refractivity contribution in [2.75, 3.05) is 13.6 Å². The van der Waals surface area contributed by atoms with Crippen LogP contribution in [0.1, 0.15) is 16.6 Å². The summed E-state index contributed by atoms with van der Waals surface area (Å²) in [5, 5.41) is 12.5. The molecular weight excluding hydrogens is 292 g/mol. The van der Waals surface area contributed by atoms with Gasteiger partial charge in [-0.3, -0.25) is 9.59 Å². The molecule has 1 unspecified atom stereocenters. The first-order chi connectivity index (χ1) is 8.77. The predicted molar refractivity (Wildman–Crippen MR) is 69.7 cm³/mol. The quantitative estimate of drug-likeness (QED) is 0.690. The molecule has 0 aliphatic rings. The van der Waals surface area contributed by atoms with Crippen molar-refractivity contribution in [3.05, 3.63) is 16.3 Å². The normalized spacial score (nSPS) is 12.9. The minimum Gasteiger partial charge on any atom is -0.481 e. The zero-order valence-electron chi connectivity index (χ0n) is 10.3. The molecule has 0 aromatic carbocycles. The van der Waals surface area contributed by atoms with E-state index in [0.29, 0.717) is 0 Å². The molecule has 0 aliphatic heterocycles. The summed E-state index contributed by atoms with van der Waals surface area (Å²) in [6, 6.07) is 1.25. The van der Waals surface area contributed by atoms with Gasteiger partial charge in [-0.05, 0) is 13.1 Å². The molecule has 0 saturated heterocycles. The van der Waals surface area contributed by atoms with Gasteiger partial charge >= 0.3 is 5.97 Å². The lowest BCUT2D eigenvalue weighted by atomic mass is 10.2. The van der Waals surface area contributed by atoms with E-state index in [1.54, 1.807) is 0 Å². The lowest BCUT2D eigenvalue weighted by molar-refractivity contribution is -0.140. The van der Waals surface area contributed by atoms with Crippen LogP contribution in [0.2, 0.25) is 0 Å². The Labute approximate surface area is 114 Å². The molecule has 0 spiro atoms. The van der Waals surface area contributed by atoms with Gasteiger partial charge < -0.3 is 10.4 Å². The van der Waals surface area contributed by atoms with E-state index in [1.165, 1.54) is 25.4 Å². The van der Waals surface area contributed by atoms with Gasteiger partial charge in [0.15, 0.2) is 0 Å². The molecule has 0 saturated carbocycles. The number of nitrogens with one attached hydrogen (secondary N) is 2. The second kappa shape index (κ2) is 6.13. The van der Waals surface area contributed by atoms with E-state index in [-0.39, 0.29) is 16.3 Å². The van der Waals surface area contributed by atoms with Gasteiger partial charge in [0, 0.05) is 11.9 Å². The maximum Gasteiger partial charge on any atom is 0.308 e. The molecule has 3 N–H and O–H groups in total. The van der Waals surface area contributed by atoms with Crippen molar-refractivity contribution in [2.45, 2.75) is 11.8 Å². The lowest BCUT2D eigenvalue weighted by Gasteiger charge is -2.06. The third kappa shape index (κ3) is 4.01. The third-order valence-corrected chi connectivity index (χ3v) is 4.84. The van der Waals surface area contributed by atoms with E-state index >= 15 is 0 Å². The van der Waals surface area contributed by atoms with Gasteiger partial charge in [-0.25, -0.2) is 13.1 Å². The highest BCUT2D eigenvalue weighted by Crippen LogP contribution is 2.18. The molecule has 1 aromatic rings. The Balaban J connectivity index is 2.72. The molecule has 106 valence electrons. The van der Waals surface area contributed by atoms with Crippen molar-refractivity contribution in [1.29, 1.82) is 0 Å². The summed E-state index contributed by atoms with van der Waals surface area (Å²) < 4.78 is 25.1. The van der Waals surface area contributed by atoms with Crippen LogP contribution in [-0.4, -0.2) is 39.0 Å². The monoisotopic (exact) mass is 306 g/mol. The van der Waals surface area contributed by atoms with Crippen LogP contribution in [0, 0.1) is 5.92 Å². The zero-order chi connectivity index (χ0) is 14.6. The number of carbonyl (C=O) groups excluding carboxylic acids is 1. The Morgan fingerprint density at radius 3 is 2.63 bits per heavy atom. The molecule has 1 amide bonds. The van der Waals surface area contributed by atoms with Crippen molar-refractivity contribution in [3.8, 4) is 0 Å². The summed E-state index contributed by atoms with van der Waals surface area (Å²) in [7, 11) is -2.29. The van der Waals surface area contributed by atoms with Gasteiger partial charge in [0.25, 0.3) is 5.91 Å². The number of carboxylic acid groups (broad SMARTS) is 1. The Kier molecular flexibility index (Phi) is 5.04. The van der Waals surface area contributed by atoms with E-state index in [2.05, 4.69) is 10.0 Å².